The predicted molar refractivity (Wildman–Crippen MR) is 107 cm³/mol. The minimum atomic E-state index is -0.0716. The van der Waals surface area contributed by atoms with E-state index in [1.165, 1.54) is 22.1 Å². The summed E-state index contributed by atoms with van der Waals surface area (Å²) in [5.41, 5.74) is 1.81. The molecule has 1 amide bonds. The number of nitrogens with one attached hydrogen (secondary N) is 1. The molecule has 0 spiro atoms. The van der Waals surface area contributed by atoms with Crippen molar-refractivity contribution in [3.05, 3.63) is 77.6 Å². The van der Waals surface area contributed by atoms with Crippen molar-refractivity contribution in [2.75, 3.05) is 0 Å². The first-order chi connectivity index (χ1) is 13.2. The average Bonchev–Trinajstić information content (AvgIpc) is 3.16. The Morgan fingerprint density at radius 3 is 2.67 bits per heavy atom. The fourth-order valence-corrected chi connectivity index (χ4v) is 3.68. The van der Waals surface area contributed by atoms with Crippen LogP contribution in [0.4, 0.5) is 0 Å². The van der Waals surface area contributed by atoms with Crippen LogP contribution in [0.2, 0.25) is 0 Å². The summed E-state index contributed by atoms with van der Waals surface area (Å²) < 4.78 is 0. The standard InChI is InChI=1S/C21H18N4OS/c1-14(16-8-7-15-5-2-3-6-17(15)11-16)24-19(26)12-18-13-27-21(25-18)20-22-9-4-10-23-20/h2-11,13-14H,12H2,1H3,(H,24,26)/t14-/m0/s1. The number of thiazole rings is 1. The van der Waals surface area contributed by atoms with Crippen molar-refractivity contribution in [3.8, 4) is 10.8 Å². The number of benzene rings is 2. The van der Waals surface area contributed by atoms with Crippen molar-refractivity contribution >= 4 is 28.0 Å². The SMILES string of the molecule is C[C@H](NC(=O)Cc1csc(-c2ncccn2)n1)c1ccc2ccccc2c1. The van der Waals surface area contributed by atoms with Gasteiger partial charge < -0.3 is 5.32 Å². The van der Waals surface area contributed by atoms with E-state index in [9.17, 15) is 4.79 Å². The molecule has 4 aromatic rings. The topological polar surface area (TPSA) is 67.8 Å². The lowest BCUT2D eigenvalue weighted by atomic mass is 10.0. The highest BCUT2D eigenvalue weighted by Gasteiger charge is 2.13. The first-order valence-corrected chi connectivity index (χ1v) is 9.57. The highest BCUT2D eigenvalue weighted by Crippen LogP contribution is 2.22. The molecule has 1 atom stereocenters. The minimum Gasteiger partial charge on any atom is -0.349 e. The number of carbonyl (C=O) groups is 1. The minimum absolute atomic E-state index is 0.0542. The number of hydrogen-bond acceptors (Lipinski definition) is 5. The molecule has 0 saturated heterocycles. The zero-order valence-corrected chi connectivity index (χ0v) is 15.6. The van der Waals surface area contributed by atoms with Crippen LogP contribution in [0.25, 0.3) is 21.6 Å². The number of carbonyl (C=O) groups excluding carboxylic acids is 1. The first kappa shape index (κ1) is 17.3. The van der Waals surface area contributed by atoms with E-state index in [0.717, 1.165) is 16.3 Å². The van der Waals surface area contributed by atoms with Gasteiger partial charge in [0.15, 0.2) is 10.8 Å². The van der Waals surface area contributed by atoms with Crippen molar-refractivity contribution in [2.24, 2.45) is 0 Å². The average molecular weight is 374 g/mol. The van der Waals surface area contributed by atoms with Crippen molar-refractivity contribution in [3.63, 3.8) is 0 Å². The van der Waals surface area contributed by atoms with Crippen LogP contribution < -0.4 is 5.32 Å². The Balaban J connectivity index is 1.42. The van der Waals surface area contributed by atoms with Crippen LogP contribution in [0, 0.1) is 0 Å². The summed E-state index contributed by atoms with van der Waals surface area (Å²) in [5, 5.41) is 8.02. The molecule has 4 rings (SSSR count). The summed E-state index contributed by atoms with van der Waals surface area (Å²) in [4.78, 5) is 25.3. The zero-order valence-electron chi connectivity index (χ0n) is 14.8. The lowest BCUT2D eigenvalue weighted by Gasteiger charge is -2.14. The quantitative estimate of drug-likeness (QED) is 0.569. The van der Waals surface area contributed by atoms with E-state index in [4.69, 9.17) is 0 Å². The third kappa shape index (κ3) is 4.01. The Morgan fingerprint density at radius 2 is 1.85 bits per heavy atom. The van der Waals surface area contributed by atoms with Gasteiger partial charge in [0, 0.05) is 17.8 Å². The Kier molecular flexibility index (Phi) is 4.89. The van der Waals surface area contributed by atoms with Gasteiger partial charge in [0.25, 0.3) is 0 Å². The van der Waals surface area contributed by atoms with E-state index in [-0.39, 0.29) is 18.4 Å². The second-order valence-electron chi connectivity index (χ2n) is 6.29. The molecule has 6 heteroatoms. The molecule has 0 aliphatic carbocycles. The van der Waals surface area contributed by atoms with Gasteiger partial charge in [-0.25, -0.2) is 15.0 Å². The molecular weight excluding hydrogens is 356 g/mol. The fraction of sp³-hybridized carbons (Fsp3) is 0.143. The molecule has 2 heterocycles. The van der Waals surface area contributed by atoms with Crippen LogP contribution in [0.5, 0.6) is 0 Å². The molecule has 5 nitrogen and oxygen atoms in total. The Morgan fingerprint density at radius 1 is 1.07 bits per heavy atom. The number of amides is 1. The van der Waals surface area contributed by atoms with Gasteiger partial charge in [-0.05, 0) is 35.4 Å². The van der Waals surface area contributed by atoms with Gasteiger partial charge in [-0.1, -0.05) is 36.4 Å². The van der Waals surface area contributed by atoms with E-state index in [1.54, 1.807) is 18.5 Å². The molecule has 2 aromatic heterocycles. The molecule has 1 N–H and O–H groups in total. The molecule has 0 saturated carbocycles. The maximum atomic E-state index is 12.4. The Hall–Kier alpha value is -3.12. The fourth-order valence-electron chi connectivity index (χ4n) is 2.92. The molecule has 0 bridgehead atoms. The molecule has 134 valence electrons. The van der Waals surface area contributed by atoms with Crippen LogP contribution in [-0.2, 0) is 11.2 Å². The largest absolute Gasteiger partial charge is 0.349 e. The van der Waals surface area contributed by atoms with Gasteiger partial charge in [0.2, 0.25) is 5.91 Å². The summed E-state index contributed by atoms with van der Waals surface area (Å²) in [6, 6.07) is 16.2. The maximum absolute atomic E-state index is 12.4. The zero-order chi connectivity index (χ0) is 18.6. The normalized spacial score (nSPS) is 12.0. The Bertz CT molecular complexity index is 1080. The number of nitrogens with zero attached hydrogens (tertiary/aromatic N) is 3. The lowest BCUT2D eigenvalue weighted by Crippen LogP contribution is -2.28. The van der Waals surface area contributed by atoms with Gasteiger partial charge in [0.05, 0.1) is 18.2 Å². The highest BCUT2D eigenvalue weighted by atomic mass is 32.1. The number of rotatable bonds is 5. The van der Waals surface area contributed by atoms with E-state index < -0.39 is 0 Å². The molecule has 0 fully saturated rings. The second-order valence-corrected chi connectivity index (χ2v) is 7.15. The van der Waals surface area contributed by atoms with Crippen LogP contribution in [0.1, 0.15) is 24.2 Å². The van der Waals surface area contributed by atoms with Crippen LogP contribution in [-0.4, -0.2) is 20.9 Å². The summed E-state index contributed by atoms with van der Waals surface area (Å²) in [7, 11) is 0. The maximum Gasteiger partial charge on any atom is 0.226 e. The van der Waals surface area contributed by atoms with E-state index in [2.05, 4.69) is 50.6 Å². The van der Waals surface area contributed by atoms with Gasteiger partial charge in [0.1, 0.15) is 0 Å². The number of fused-ring (bicyclic) bond motifs is 1. The number of aromatic nitrogens is 3. The highest BCUT2D eigenvalue weighted by molar-refractivity contribution is 7.13. The molecule has 0 unspecified atom stereocenters. The molecule has 0 aliphatic rings. The summed E-state index contributed by atoms with van der Waals surface area (Å²) in [6.45, 7) is 1.99. The lowest BCUT2D eigenvalue weighted by molar-refractivity contribution is -0.121. The summed E-state index contributed by atoms with van der Waals surface area (Å²) in [5.74, 6) is 0.528. The predicted octanol–water partition coefficient (Wildman–Crippen LogP) is 4.17. The Labute approximate surface area is 161 Å². The summed E-state index contributed by atoms with van der Waals surface area (Å²) in [6.07, 6.45) is 3.60. The molecule has 27 heavy (non-hydrogen) atoms. The second kappa shape index (κ2) is 7.63. The van der Waals surface area contributed by atoms with Crippen LogP contribution in [0.15, 0.2) is 66.3 Å². The van der Waals surface area contributed by atoms with Crippen LogP contribution in [0.3, 0.4) is 0 Å². The molecule has 2 aromatic carbocycles. The third-order valence-electron chi connectivity index (χ3n) is 4.30. The summed E-state index contributed by atoms with van der Waals surface area (Å²) >= 11 is 1.45. The third-order valence-corrected chi connectivity index (χ3v) is 5.19. The van der Waals surface area contributed by atoms with Crippen LogP contribution >= 0.6 is 11.3 Å². The van der Waals surface area contributed by atoms with Gasteiger partial charge in [-0.15, -0.1) is 11.3 Å². The van der Waals surface area contributed by atoms with Crippen molar-refractivity contribution < 1.29 is 4.79 Å². The van der Waals surface area contributed by atoms with E-state index in [1.807, 2.05) is 24.4 Å². The molecule has 0 radical (unpaired) electrons. The monoisotopic (exact) mass is 374 g/mol. The number of hydrogen-bond donors (Lipinski definition) is 1. The van der Waals surface area contributed by atoms with E-state index >= 15 is 0 Å². The molecular formula is C21H18N4OS. The van der Waals surface area contributed by atoms with Crippen molar-refractivity contribution in [1.82, 2.24) is 20.3 Å². The van der Waals surface area contributed by atoms with Crippen molar-refractivity contribution in [2.45, 2.75) is 19.4 Å². The van der Waals surface area contributed by atoms with Gasteiger partial charge in [-0.2, -0.15) is 0 Å². The van der Waals surface area contributed by atoms with Gasteiger partial charge >= 0.3 is 0 Å². The van der Waals surface area contributed by atoms with E-state index in [0.29, 0.717) is 5.82 Å². The van der Waals surface area contributed by atoms with Crippen molar-refractivity contribution in [1.29, 1.82) is 0 Å². The first-order valence-electron chi connectivity index (χ1n) is 8.69. The smallest absolute Gasteiger partial charge is 0.226 e. The van der Waals surface area contributed by atoms with Gasteiger partial charge in [-0.3, -0.25) is 4.79 Å². The molecule has 0 aliphatic heterocycles.